The molecule has 0 saturated carbocycles. The second kappa shape index (κ2) is 4.17. The molecule has 14 heavy (non-hydrogen) atoms. The molecule has 0 N–H and O–H groups in total. The number of hydrogen-bond donors (Lipinski definition) is 0. The van der Waals surface area contributed by atoms with Crippen molar-refractivity contribution in [1.29, 1.82) is 0 Å². The minimum atomic E-state index is -0.0915. The Morgan fingerprint density at radius 1 is 1.43 bits per heavy atom. The molecule has 1 heterocycles. The quantitative estimate of drug-likeness (QED) is 0.723. The average molecular weight is 212 g/mol. The van der Waals surface area contributed by atoms with Gasteiger partial charge in [0.1, 0.15) is 4.88 Å². The molecule has 0 radical (unpaired) electrons. The van der Waals surface area contributed by atoms with E-state index in [9.17, 15) is 4.79 Å². The van der Waals surface area contributed by atoms with E-state index >= 15 is 0 Å². The van der Waals surface area contributed by atoms with Crippen LogP contribution >= 0.6 is 11.5 Å². The van der Waals surface area contributed by atoms with Crippen molar-refractivity contribution in [1.82, 2.24) is 9.59 Å². The Bertz CT molecular complexity index is 325. The molecule has 0 bridgehead atoms. The Morgan fingerprint density at radius 3 is 2.57 bits per heavy atom. The highest BCUT2D eigenvalue weighted by atomic mass is 32.1. The van der Waals surface area contributed by atoms with Crippen molar-refractivity contribution >= 4 is 17.3 Å². The van der Waals surface area contributed by atoms with Gasteiger partial charge in [0.05, 0.1) is 5.69 Å². The standard InChI is InChI=1S/C10H16N2OS/c1-5-6-7(13)8-9(10(2,3)4)11-12-14-8/h5-6H2,1-4H3. The highest BCUT2D eigenvalue weighted by Crippen LogP contribution is 2.26. The van der Waals surface area contributed by atoms with Crippen molar-refractivity contribution in [2.24, 2.45) is 0 Å². The summed E-state index contributed by atoms with van der Waals surface area (Å²) in [5, 5.41) is 4.04. The normalized spacial score (nSPS) is 11.7. The smallest absolute Gasteiger partial charge is 0.176 e. The first-order valence-electron chi connectivity index (χ1n) is 4.83. The van der Waals surface area contributed by atoms with E-state index in [0.717, 1.165) is 17.0 Å². The summed E-state index contributed by atoms with van der Waals surface area (Å²) in [5.74, 6) is 0.174. The van der Waals surface area contributed by atoms with Crippen LogP contribution in [-0.2, 0) is 5.41 Å². The first kappa shape index (κ1) is 11.3. The Hall–Kier alpha value is -0.770. The lowest BCUT2D eigenvalue weighted by molar-refractivity contribution is 0.0983. The summed E-state index contributed by atoms with van der Waals surface area (Å²) in [6.45, 7) is 8.15. The molecule has 3 nitrogen and oxygen atoms in total. The minimum absolute atomic E-state index is 0.0915. The SMILES string of the molecule is CCCC(=O)c1snnc1C(C)(C)C. The van der Waals surface area contributed by atoms with Crippen LogP contribution in [0.1, 0.15) is 55.9 Å². The van der Waals surface area contributed by atoms with Gasteiger partial charge >= 0.3 is 0 Å². The van der Waals surface area contributed by atoms with Crippen molar-refractivity contribution in [2.75, 3.05) is 0 Å². The number of aromatic nitrogens is 2. The van der Waals surface area contributed by atoms with Crippen LogP contribution < -0.4 is 0 Å². The number of carbonyl (C=O) groups excluding carboxylic acids is 1. The van der Waals surface area contributed by atoms with Gasteiger partial charge in [0, 0.05) is 11.8 Å². The molecule has 1 rings (SSSR count). The third-order valence-electron chi connectivity index (χ3n) is 1.93. The summed E-state index contributed by atoms with van der Waals surface area (Å²) in [5.41, 5.74) is 0.743. The van der Waals surface area contributed by atoms with Gasteiger partial charge in [0.15, 0.2) is 5.78 Å². The van der Waals surface area contributed by atoms with E-state index in [2.05, 4.69) is 9.59 Å². The molecule has 0 aliphatic heterocycles. The van der Waals surface area contributed by atoms with E-state index in [1.165, 1.54) is 11.5 Å². The largest absolute Gasteiger partial charge is 0.293 e. The Labute approximate surface area is 88.7 Å². The first-order chi connectivity index (χ1) is 6.46. The maximum Gasteiger partial charge on any atom is 0.176 e. The van der Waals surface area contributed by atoms with Gasteiger partial charge < -0.3 is 0 Å². The molecular weight excluding hydrogens is 196 g/mol. The Morgan fingerprint density at radius 2 is 2.07 bits per heavy atom. The number of rotatable bonds is 3. The van der Waals surface area contributed by atoms with Crippen LogP contribution in [0.25, 0.3) is 0 Å². The van der Waals surface area contributed by atoms with Crippen LogP contribution in [0.15, 0.2) is 0 Å². The van der Waals surface area contributed by atoms with E-state index < -0.39 is 0 Å². The summed E-state index contributed by atoms with van der Waals surface area (Å²) >= 11 is 1.21. The lowest BCUT2D eigenvalue weighted by Crippen LogP contribution is -2.16. The van der Waals surface area contributed by atoms with Crippen LogP contribution in [0.5, 0.6) is 0 Å². The topological polar surface area (TPSA) is 42.9 Å². The molecule has 1 aromatic rings. The number of nitrogens with zero attached hydrogens (tertiary/aromatic N) is 2. The predicted molar refractivity (Wildman–Crippen MR) is 57.8 cm³/mol. The van der Waals surface area contributed by atoms with Gasteiger partial charge in [-0.1, -0.05) is 32.2 Å². The fourth-order valence-electron chi connectivity index (χ4n) is 1.20. The third-order valence-corrected chi connectivity index (χ3v) is 2.70. The maximum atomic E-state index is 11.7. The predicted octanol–water partition coefficient (Wildman–Crippen LogP) is 2.82. The molecular formula is C10H16N2OS. The first-order valence-corrected chi connectivity index (χ1v) is 5.60. The third kappa shape index (κ3) is 2.38. The van der Waals surface area contributed by atoms with Crippen molar-refractivity contribution in [3.63, 3.8) is 0 Å². The lowest BCUT2D eigenvalue weighted by atomic mass is 9.90. The van der Waals surface area contributed by atoms with E-state index in [1.54, 1.807) is 0 Å². The second-order valence-electron chi connectivity index (χ2n) is 4.37. The molecule has 0 amide bonds. The summed E-state index contributed by atoms with van der Waals surface area (Å²) in [6, 6.07) is 0. The summed E-state index contributed by atoms with van der Waals surface area (Å²) in [6.07, 6.45) is 1.47. The van der Waals surface area contributed by atoms with Crippen molar-refractivity contribution in [3.8, 4) is 0 Å². The summed E-state index contributed by atoms with van der Waals surface area (Å²) in [7, 11) is 0. The van der Waals surface area contributed by atoms with E-state index in [1.807, 2.05) is 27.7 Å². The van der Waals surface area contributed by atoms with Crippen molar-refractivity contribution in [3.05, 3.63) is 10.6 Å². The average Bonchev–Trinajstić information content (AvgIpc) is 2.50. The maximum absolute atomic E-state index is 11.7. The van der Waals surface area contributed by atoms with Gasteiger partial charge in [-0.05, 0) is 18.0 Å². The molecule has 78 valence electrons. The Kier molecular flexibility index (Phi) is 3.37. The molecule has 0 spiro atoms. The molecule has 4 heteroatoms. The zero-order valence-electron chi connectivity index (χ0n) is 9.13. The molecule has 0 aliphatic carbocycles. The Balaban J connectivity index is 2.99. The monoisotopic (exact) mass is 212 g/mol. The zero-order valence-corrected chi connectivity index (χ0v) is 9.94. The fraction of sp³-hybridized carbons (Fsp3) is 0.700. The van der Waals surface area contributed by atoms with Gasteiger partial charge in [-0.25, -0.2) is 0 Å². The van der Waals surface area contributed by atoms with E-state index in [-0.39, 0.29) is 11.2 Å². The van der Waals surface area contributed by atoms with Crippen molar-refractivity contribution < 1.29 is 4.79 Å². The van der Waals surface area contributed by atoms with Crippen LogP contribution in [-0.4, -0.2) is 15.4 Å². The van der Waals surface area contributed by atoms with Crippen LogP contribution in [0, 0.1) is 0 Å². The van der Waals surface area contributed by atoms with Gasteiger partial charge in [0.2, 0.25) is 0 Å². The molecule has 0 atom stereocenters. The number of Topliss-reactive ketones (excluding diaryl/α,β-unsaturated/α-hetero) is 1. The lowest BCUT2D eigenvalue weighted by Gasteiger charge is -2.15. The van der Waals surface area contributed by atoms with Crippen LogP contribution in [0.3, 0.4) is 0 Å². The molecule has 0 fully saturated rings. The van der Waals surface area contributed by atoms with Gasteiger partial charge in [-0.15, -0.1) is 5.10 Å². The summed E-state index contributed by atoms with van der Waals surface area (Å²) < 4.78 is 3.86. The highest BCUT2D eigenvalue weighted by Gasteiger charge is 2.25. The fourth-order valence-corrected chi connectivity index (χ4v) is 2.05. The zero-order chi connectivity index (χ0) is 10.8. The molecule has 0 saturated heterocycles. The number of ketones is 1. The van der Waals surface area contributed by atoms with E-state index in [4.69, 9.17) is 0 Å². The summed E-state index contributed by atoms with van der Waals surface area (Å²) in [4.78, 5) is 12.4. The van der Waals surface area contributed by atoms with Crippen molar-refractivity contribution in [2.45, 2.75) is 46.0 Å². The highest BCUT2D eigenvalue weighted by molar-refractivity contribution is 7.08. The minimum Gasteiger partial charge on any atom is -0.293 e. The molecule has 0 unspecified atom stereocenters. The molecule has 1 aromatic heterocycles. The molecule has 0 aromatic carbocycles. The van der Waals surface area contributed by atoms with Gasteiger partial charge in [-0.2, -0.15) is 0 Å². The molecule has 0 aliphatic rings. The second-order valence-corrected chi connectivity index (χ2v) is 5.13. The number of hydrogen-bond acceptors (Lipinski definition) is 4. The van der Waals surface area contributed by atoms with Crippen LogP contribution in [0.4, 0.5) is 0 Å². The van der Waals surface area contributed by atoms with Gasteiger partial charge in [0.25, 0.3) is 0 Å². The van der Waals surface area contributed by atoms with E-state index in [0.29, 0.717) is 6.42 Å². The van der Waals surface area contributed by atoms with Crippen LogP contribution in [0.2, 0.25) is 0 Å². The van der Waals surface area contributed by atoms with Gasteiger partial charge in [-0.3, -0.25) is 4.79 Å². The number of carbonyl (C=O) groups is 1.